The number of hydrogen-bond acceptors (Lipinski definition) is 5. The lowest BCUT2D eigenvalue weighted by atomic mass is 10.1. The second-order valence-corrected chi connectivity index (χ2v) is 7.88. The molecule has 0 bridgehead atoms. The van der Waals surface area contributed by atoms with Crippen molar-refractivity contribution in [2.24, 2.45) is 0 Å². The maximum atomic E-state index is 13.6. The van der Waals surface area contributed by atoms with Crippen LogP contribution in [0.3, 0.4) is 0 Å². The standard InChI is InChI=1S/C25H22N4O4/c1-15-6-8-18(9-7-15)29-25(28-10-4-5-11-28)23(16(2)27-29)24(31)26-20-13-22-21(32-14-33-22)12-19(20)17(3)30/h4-13H,14H2,1-3H3,(H,26,31). The summed E-state index contributed by atoms with van der Waals surface area (Å²) in [6, 6.07) is 14.9. The second kappa shape index (κ2) is 7.98. The molecule has 5 rings (SSSR count). The number of amides is 1. The summed E-state index contributed by atoms with van der Waals surface area (Å²) in [7, 11) is 0. The van der Waals surface area contributed by atoms with E-state index < -0.39 is 0 Å². The fourth-order valence-corrected chi connectivity index (χ4v) is 3.88. The summed E-state index contributed by atoms with van der Waals surface area (Å²) >= 11 is 0. The number of aromatic nitrogens is 3. The summed E-state index contributed by atoms with van der Waals surface area (Å²) in [5.41, 5.74) is 3.62. The number of aryl methyl sites for hydroxylation is 2. The number of anilines is 1. The van der Waals surface area contributed by atoms with Crippen molar-refractivity contribution in [2.75, 3.05) is 12.1 Å². The van der Waals surface area contributed by atoms with Crippen LogP contribution in [0.2, 0.25) is 0 Å². The first-order chi connectivity index (χ1) is 15.9. The summed E-state index contributed by atoms with van der Waals surface area (Å²) in [6.07, 6.45) is 3.72. The Labute approximate surface area is 190 Å². The Bertz CT molecular complexity index is 1370. The molecule has 8 nitrogen and oxygen atoms in total. The van der Waals surface area contributed by atoms with Gasteiger partial charge < -0.3 is 19.4 Å². The molecule has 8 heteroatoms. The number of rotatable bonds is 5. The van der Waals surface area contributed by atoms with Crippen LogP contribution in [0.1, 0.15) is 38.9 Å². The van der Waals surface area contributed by atoms with Gasteiger partial charge in [-0.05, 0) is 51.1 Å². The SMILES string of the molecule is CC(=O)c1cc2c(cc1NC(=O)c1c(C)nn(-c3ccc(C)cc3)c1-n1cccc1)OCO2. The van der Waals surface area contributed by atoms with Crippen molar-refractivity contribution < 1.29 is 19.1 Å². The zero-order valence-corrected chi connectivity index (χ0v) is 18.5. The van der Waals surface area contributed by atoms with E-state index in [4.69, 9.17) is 9.47 Å². The Morgan fingerprint density at radius 1 is 1.00 bits per heavy atom. The van der Waals surface area contributed by atoms with Gasteiger partial charge in [-0.25, -0.2) is 4.68 Å². The third-order valence-electron chi connectivity index (χ3n) is 5.53. The first-order valence-electron chi connectivity index (χ1n) is 10.5. The van der Waals surface area contributed by atoms with Crippen LogP contribution in [0, 0.1) is 13.8 Å². The lowest BCUT2D eigenvalue weighted by Gasteiger charge is -2.13. The van der Waals surface area contributed by atoms with Crippen LogP contribution in [0.5, 0.6) is 11.5 Å². The van der Waals surface area contributed by atoms with E-state index >= 15 is 0 Å². The van der Waals surface area contributed by atoms with E-state index in [9.17, 15) is 9.59 Å². The number of nitrogens with zero attached hydrogens (tertiary/aromatic N) is 3. The van der Waals surface area contributed by atoms with E-state index in [0.717, 1.165) is 11.3 Å². The highest BCUT2D eigenvalue weighted by Crippen LogP contribution is 2.37. The molecule has 1 N–H and O–H groups in total. The number of fused-ring (bicyclic) bond motifs is 1. The molecular weight excluding hydrogens is 420 g/mol. The van der Waals surface area contributed by atoms with Gasteiger partial charge in [0, 0.05) is 24.0 Å². The Balaban J connectivity index is 1.61. The summed E-state index contributed by atoms with van der Waals surface area (Å²) in [5, 5.41) is 7.56. The topological polar surface area (TPSA) is 87.4 Å². The molecule has 0 atom stereocenters. The summed E-state index contributed by atoms with van der Waals surface area (Å²) in [5.74, 6) is 0.990. The molecule has 1 aliphatic heterocycles. The van der Waals surface area contributed by atoms with Gasteiger partial charge in [-0.1, -0.05) is 17.7 Å². The van der Waals surface area contributed by atoms with Crippen LogP contribution < -0.4 is 14.8 Å². The van der Waals surface area contributed by atoms with Gasteiger partial charge in [-0.2, -0.15) is 5.10 Å². The largest absolute Gasteiger partial charge is 0.454 e. The van der Waals surface area contributed by atoms with Crippen LogP contribution in [-0.2, 0) is 0 Å². The monoisotopic (exact) mass is 442 g/mol. The third kappa shape index (κ3) is 3.65. The minimum atomic E-state index is -0.379. The number of benzene rings is 2. The molecule has 0 unspecified atom stereocenters. The second-order valence-electron chi connectivity index (χ2n) is 7.88. The van der Waals surface area contributed by atoms with Gasteiger partial charge >= 0.3 is 0 Å². The summed E-state index contributed by atoms with van der Waals surface area (Å²) in [4.78, 5) is 25.8. The molecule has 2 aromatic carbocycles. The lowest BCUT2D eigenvalue weighted by molar-refractivity contribution is 0.101. The van der Waals surface area contributed by atoms with Gasteiger partial charge in [-0.15, -0.1) is 0 Å². The van der Waals surface area contributed by atoms with Crippen molar-refractivity contribution in [1.29, 1.82) is 0 Å². The predicted molar refractivity (Wildman–Crippen MR) is 123 cm³/mol. The number of nitrogens with one attached hydrogen (secondary N) is 1. The van der Waals surface area contributed by atoms with E-state index in [2.05, 4.69) is 10.4 Å². The fraction of sp³-hybridized carbons (Fsp3) is 0.160. The van der Waals surface area contributed by atoms with E-state index in [1.807, 2.05) is 60.3 Å². The fourth-order valence-electron chi connectivity index (χ4n) is 3.88. The number of ketones is 1. The summed E-state index contributed by atoms with van der Waals surface area (Å²) < 4.78 is 14.4. The molecule has 0 aliphatic carbocycles. The van der Waals surface area contributed by atoms with E-state index in [1.165, 1.54) is 6.92 Å². The molecule has 4 aromatic rings. The van der Waals surface area contributed by atoms with Gasteiger partial charge in [0.05, 0.1) is 17.1 Å². The van der Waals surface area contributed by atoms with Gasteiger partial charge in [-0.3, -0.25) is 9.59 Å². The van der Waals surface area contributed by atoms with Crippen LogP contribution in [-0.4, -0.2) is 32.8 Å². The molecule has 3 heterocycles. The number of carbonyl (C=O) groups is 2. The van der Waals surface area contributed by atoms with Crippen molar-refractivity contribution in [3.8, 4) is 23.0 Å². The van der Waals surface area contributed by atoms with Crippen molar-refractivity contribution in [3.63, 3.8) is 0 Å². The zero-order chi connectivity index (χ0) is 23.1. The molecule has 1 amide bonds. The minimum absolute atomic E-state index is 0.0737. The highest BCUT2D eigenvalue weighted by atomic mass is 16.7. The van der Waals surface area contributed by atoms with E-state index in [-0.39, 0.29) is 18.5 Å². The van der Waals surface area contributed by atoms with Crippen molar-refractivity contribution in [3.05, 3.63) is 83.3 Å². The van der Waals surface area contributed by atoms with E-state index in [1.54, 1.807) is 23.7 Å². The Morgan fingerprint density at radius 2 is 1.67 bits per heavy atom. The highest BCUT2D eigenvalue weighted by molar-refractivity contribution is 6.11. The van der Waals surface area contributed by atoms with Gasteiger partial charge in [0.1, 0.15) is 5.56 Å². The molecule has 0 radical (unpaired) electrons. The highest BCUT2D eigenvalue weighted by Gasteiger charge is 2.26. The molecular formula is C25H22N4O4. The Morgan fingerprint density at radius 3 is 2.33 bits per heavy atom. The lowest BCUT2D eigenvalue weighted by Crippen LogP contribution is -2.17. The average Bonchev–Trinajstić information content (AvgIpc) is 3.53. The molecule has 0 fully saturated rings. The first-order valence-corrected chi connectivity index (χ1v) is 10.5. The van der Waals surface area contributed by atoms with Crippen LogP contribution in [0.15, 0.2) is 60.9 Å². The van der Waals surface area contributed by atoms with Crippen LogP contribution >= 0.6 is 0 Å². The van der Waals surface area contributed by atoms with Gasteiger partial charge in [0.15, 0.2) is 23.1 Å². The quantitative estimate of drug-likeness (QED) is 0.461. The van der Waals surface area contributed by atoms with Crippen LogP contribution in [0.25, 0.3) is 11.5 Å². The molecule has 0 spiro atoms. The minimum Gasteiger partial charge on any atom is -0.454 e. The number of ether oxygens (including phenoxy) is 2. The molecule has 166 valence electrons. The molecule has 2 aromatic heterocycles. The normalized spacial score (nSPS) is 12.1. The van der Waals surface area contributed by atoms with Gasteiger partial charge in [0.2, 0.25) is 6.79 Å². The Kier molecular flexibility index (Phi) is 4.97. The smallest absolute Gasteiger partial charge is 0.261 e. The maximum absolute atomic E-state index is 13.6. The molecule has 0 saturated carbocycles. The average molecular weight is 442 g/mol. The first kappa shape index (κ1) is 20.6. The van der Waals surface area contributed by atoms with Crippen molar-refractivity contribution in [2.45, 2.75) is 20.8 Å². The maximum Gasteiger partial charge on any atom is 0.261 e. The zero-order valence-electron chi connectivity index (χ0n) is 18.5. The van der Waals surface area contributed by atoms with Crippen molar-refractivity contribution >= 4 is 17.4 Å². The molecule has 1 aliphatic rings. The van der Waals surface area contributed by atoms with Gasteiger partial charge in [0.25, 0.3) is 5.91 Å². The number of Topliss-reactive ketones (excluding diaryl/α,β-unsaturated/α-hetero) is 1. The predicted octanol–water partition coefficient (Wildman–Crippen LogP) is 4.46. The molecule has 33 heavy (non-hydrogen) atoms. The Hall–Kier alpha value is -4.33. The third-order valence-corrected chi connectivity index (χ3v) is 5.53. The number of carbonyl (C=O) groups excluding carboxylic acids is 2. The van der Waals surface area contributed by atoms with E-state index in [0.29, 0.717) is 39.8 Å². The van der Waals surface area contributed by atoms with Crippen LogP contribution in [0.4, 0.5) is 5.69 Å². The molecule has 0 saturated heterocycles. The van der Waals surface area contributed by atoms with Crippen molar-refractivity contribution in [1.82, 2.24) is 14.3 Å². The summed E-state index contributed by atoms with van der Waals surface area (Å²) in [6.45, 7) is 5.32. The number of hydrogen-bond donors (Lipinski definition) is 1.